The number of hydrogen-bond acceptors (Lipinski definition) is 6. The summed E-state index contributed by atoms with van der Waals surface area (Å²) < 4.78 is 10.9. The van der Waals surface area contributed by atoms with Crippen molar-refractivity contribution >= 4 is 23.2 Å². The highest BCUT2D eigenvalue weighted by Gasteiger charge is 2.44. The number of carbonyl (C=O) groups is 2. The maximum atomic E-state index is 13.6. The van der Waals surface area contributed by atoms with E-state index >= 15 is 0 Å². The van der Waals surface area contributed by atoms with Gasteiger partial charge in [-0.25, -0.2) is 0 Å². The quantitative estimate of drug-likeness (QED) is 0.536. The van der Waals surface area contributed by atoms with Crippen molar-refractivity contribution in [3.05, 3.63) is 45.6 Å². The van der Waals surface area contributed by atoms with Gasteiger partial charge in [-0.2, -0.15) is 0 Å². The molecular weight excluding hydrogens is 438 g/mol. The summed E-state index contributed by atoms with van der Waals surface area (Å²) in [6, 6.07) is 7.01. The molecule has 0 unspecified atom stereocenters. The summed E-state index contributed by atoms with van der Waals surface area (Å²) in [5.74, 6) is 0.207. The van der Waals surface area contributed by atoms with Gasteiger partial charge in [-0.15, -0.1) is 11.3 Å². The van der Waals surface area contributed by atoms with Gasteiger partial charge in [0.2, 0.25) is 5.91 Å². The molecule has 2 amide bonds. The van der Waals surface area contributed by atoms with Crippen LogP contribution in [-0.4, -0.2) is 69.1 Å². The lowest BCUT2D eigenvalue weighted by Crippen LogP contribution is -2.46. The number of methoxy groups -OCH3 is 2. The van der Waals surface area contributed by atoms with Crippen LogP contribution in [0.4, 0.5) is 0 Å². The lowest BCUT2D eigenvalue weighted by atomic mass is 9.81. The van der Waals surface area contributed by atoms with Crippen LogP contribution in [0.5, 0.6) is 11.5 Å². The molecule has 0 saturated heterocycles. The van der Waals surface area contributed by atoms with Gasteiger partial charge in [0.1, 0.15) is 0 Å². The number of ether oxygens (including phenoxy) is 2. The average molecular weight is 474 g/mol. The number of rotatable bonds is 11. The molecular formula is C25H35N3O4S. The van der Waals surface area contributed by atoms with E-state index in [9.17, 15) is 9.59 Å². The Balaban J connectivity index is 1.94. The Bertz CT molecular complexity index is 947. The number of benzene rings is 1. The second-order valence-corrected chi connectivity index (χ2v) is 9.21. The van der Waals surface area contributed by atoms with Gasteiger partial charge in [-0.05, 0) is 48.7 Å². The summed E-state index contributed by atoms with van der Waals surface area (Å²) in [5, 5.41) is 5.11. The first kappa shape index (κ1) is 25.1. The van der Waals surface area contributed by atoms with E-state index < -0.39 is 5.92 Å². The molecule has 0 aliphatic carbocycles. The molecule has 1 aliphatic heterocycles. The monoisotopic (exact) mass is 473 g/mol. The first-order valence-corrected chi connectivity index (χ1v) is 12.4. The van der Waals surface area contributed by atoms with Gasteiger partial charge in [0.15, 0.2) is 11.5 Å². The molecule has 8 heteroatoms. The molecule has 2 atom stereocenters. The average Bonchev–Trinajstić information content (AvgIpc) is 3.36. The fourth-order valence-electron chi connectivity index (χ4n) is 4.40. The minimum atomic E-state index is -0.549. The molecule has 7 nitrogen and oxygen atoms in total. The van der Waals surface area contributed by atoms with Gasteiger partial charge in [-0.1, -0.05) is 26.3 Å². The van der Waals surface area contributed by atoms with Crippen molar-refractivity contribution in [1.82, 2.24) is 15.1 Å². The number of unbranched alkanes of at least 4 members (excludes halogenated alkanes) is 1. The minimum Gasteiger partial charge on any atom is -0.493 e. The highest BCUT2D eigenvalue weighted by molar-refractivity contribution is 7.10. The Labute approximate surface area is 200 Å². The van der Waals surface area contributed by atoms with Crippen LogP contribution in [0.3, 0.4) is 0 Å². The van der Waals surface area contributed by atoms with Crippen LogP contribution in [0.2, 0.25) is 0 Å². The first-order valence-electron chi connectivity index (χ1n) is 11.5. The SMILES string of the molecule is CCCCN(CC)CCNC(=O)[C@@H]1c2cc(OC)c(OC)cc2C(=O)N(C)[C@H]1c1cccs1. The maximum Gasteiger partial charge on any atom is 0.254 e. The van der Waals surface area contributed by atoms with Crippen LogP contribution in [0.15, 0.2) is 29.6 Å². The van der Waals surface area contributed by atoms with E-state index in [1.807, 2.05) is 17.5 Å². The third kappa shape index (κ3) is 5.33. The first-order chi connectivity index (χ1) is 16.0. The molecule has 1 aromatic heterocycles. The van der Waals surface area contributed by atoms with Crippen molar-refractivity contribution in [2.75, 3.05) is 47.4 Å². The Hall–Kier alpha value is -2.58. The standard InChI is InChI=1S/C25H35N3O4S/c1-6-8-12-28(7-2)13-11-26-24(29)22-17-15-19(31-4)20(32-5)16-18(17)25(30)27(3)23(22)21-10-9-14-33-21/h9-10,14-16,22-23H,6-8,11-13H2,1-5H3,(H,26,29)/t22-,23+/m1/s1. The lowest BCUT2D eigenvalue weighted by molar-refractivity contribution is -0.124. The molecule has 1 N–H and O–H groups in total. The van der Waals surface area contributed by atoms with Gasteiger partial charge in [0.05, 0.1) is 26.2 Å². The molecule has 1 aliphatic rings. The highest BCUT2D eigenvalue weighted by atomic mass is 32.1. The Morgan fingerprint density at radius 3 is 2.52 bits per heavy atom. The zero-order chi connectivity index (χ0) is 24.0. The summed E-state index contributed by atoms with van der Waals surface area (Å²) in [6.45, 7) is 7.66. The van der Waals surface area contributed by atoms with Crippen molar-refractivity contribution in [3.8, 4) is 11.5 Å². The van der Waals surface area contributed by atoms with E-state index in [0.717, 1.165) is 37.4 Å². The highest BCUT2D eigenvalue weighted by Crippen LogP contribution is 2.46. The lowest BCUT2D eigenvalue weighted by Gasteiger charge is -2.39. The van der Waals surface area contributed by atoms with E-state index in [-0.39, 0.29) is 17.9 Å². The van der Waals surface area contributed by atoms with Crippen LogP contribution in [0.1, 0.15) is 59.4 Å². The molecule has 0 radical (unpaired) electrons. The van der Waals surface area contributed by atoms with Crippen molar-refractivity contribution in [2.45, 2.75) is 38.6 Å². The van der Waals surface area contributed by atoms with Crippen molar-refractivity contribution < 1.29 is 19.1 Å². The molecule has 1 aromatic carbocycles. The number of likely N-dealkylation sites (N-methyl/N-ethyl adjacent to an activating group) is 2. The van der Waals surface area contributed by atoms with E-state index in [0.29, 0.717) is 29.2 Å². The fourth-order valence-corrected chi connectivity index (χ4v) is 5.31. The smallest absolute Gasteiger partial charge is 0.254 e. The van der Waals surface area contributed by atoms with E-state index in [1.54, 1.807) is 42.5 Å². The third-order valence-corrected chi connectivity index (χ3v) is 7.24. The predicted molar refractivity (Wildman–Crippen MR) is 131 cm³/mol. The van der Waals surface area contributed by atoms with Crippen molar-refractivity contribution in [2.24, 2.45) is 0 Å². The van der Waals surface area contributed by atoms with Gasteiger partial charge >= 0.3 is 0 Å². The maximum absolute atomic E-state index is 13.6. The zero-order valence-electron chi connectivity index (χ0n) is 20.2. The number of nitrogens with one attached hydrogen (secondary N) is 1. The number of nitrogens with zero attached hydrogens (tertiary/aromatic N) is 2. The summed E-state index contributed by atoms with van der Waals surface area (Å²) >= 11 is 1.55. The molecule has 2 heterocycles. The molecule has 2 aromatic rings. The van der Waals surface area contributed by atoms with Gasteiger partial charge in [0, 0.05) is 30.6 Å². The van der Waals surface area contributed by atoms with Gasteiger partial charge in [0.25, 0.3) is 5.91 Å². The largest absolute Gasteiger partial charge is 0.493 e. The topological polar surface area (TPSA) is 71.1 Å². The summed E-state index contributed by atoms with van der Waals surface area (Å²) in [5.41, 5.74) is 1.14. The van der Waals surface area contributed by atoms with Crippen molar-refractivity contribution in [1.29, 1.82) is 0 Å². The Kier molecular flexibility index (Phi) is 8.74. The Morgan fingerprint density at radius 2 is 1.91 bits per heavy atom. The number of carbonyl (C=O) groups excluding carboxylic acids is 2. The normalized spacial score (nSPS) is 17.8. The second kappa shape index (κ2) is 11.5. The summed E-state index contributed by atoms with van der Waals surface area (Å²) in [7, 11) is 4.86. The number of thiophene rings is 1. The van der Waals surface area contributed by atoms with E-state index in [2.05, 4.69) is 24.1 Å². The van der Waals surface area contributed by atoms with Crippen LogP contribution in [0, 0.1) is 0 Å². The van der Waals surface area contributed by atoms with Crippen LogP contribution in [0.25, 0.3) is 0 Å². The fraction of sp³-hybridized carbons (Fsp3) is 0.520. The third-order valence-electron chi connectivity index (χ3n) is 6.29. The number of amides is 2. The molecule has 0 fully saturated rings. The minimum absolute atomic E-state index is 0.0900. The molecule has 0 spiro atoms. The molecule has 0 saturated carbocycles. The Morgan fingerprint density at radius 1 is 1.18 bits per heavy atom. The summed E-state index contributed by atoms with van der Waals surface area (Å²) in [6.07, 6.45) is 2.29. The predicted octanol–water partition coefficient (Wildman–Crippen LogP) is 3.91. The van der Waals surface area contributed by atoms with Gasteiger partial charge < -0.3 is 24.6 Å². The number of hydrogen-bond donors (Lipinski definition) is 1. The summed E-state index contributed by atoms with van der Waals surface area (Å²) in [4.78, 5) is 31.9. The molecule has 33 heavy (non-hydrogen) atoms. The number of fused-ring (bicyclic) bond motifs is 1. The van der Waals surface area contributed by atoms with E-state index in [4.69, 9.17) is 9.47 Å². The zero-order valence-corrected chi connectivity index (χ0v) is 21.0. The molecule has 0 bridgehead atoms. The molecule has 3 rings (SSSR count). The van der Waals surface area contributed by atoms with Gasteiger partial charge in [-0.3, -0.25) is 9.59 Å². The van der Waals surface area contributed by atoms with E-state index in [1.165, 1.54) is 7.11 Å². The van der Waals surface area contributed by atoms with Crippen molar-refractivity contribution in [3.63, 3.8) is 0 Å². The van der Waals surface area contributed by atoms with Crippen LogP contribution >= 0.6 is 11.3 Å². The second-order valence-electron chi connectivity index (χ2n) is 8.23. The molecule has 180 valence electrons. The van der Waals surface area contributed by atoms with Crippen LogP contribution in [-0.2, 0) is 4.79 Å². The van der Waals surface area contributed by atoms with Crippen LogP contribution < -0.4 is 14.8 Å².